The van der Waals surface area contributed by atoms with E-state index in [-0.39, 0.29) is 5.78 Å². The van der Waals surface area contributed by atoms with E-state index in [0.29, 0.717) is 12.1 Å². The van der Waals surface area contributed by atoms with Crippen molar-refractivity contribution in [2.45, 2.75) is 13.3 Å². The summed E-state index contributed by atoms with van der Waals surface area (Å²) in [6.45, 7) is 2.05. The quantitative estimate of drug-likeness (QED) is 0.684. The van der Waals surface area contributed by atoms with Crippen molar-refractivity contribution in [1.29, 1.82) is 0 Å². The summed E-state index contributed by atoms with van der Waals surface area (Å²) in [5.41, 5.74) is 4.58. The molecule has 0 amide bonds. The Morgan fingerprint density at radius 2 is 1.86 bits per heavy atom. The maximum Gasteiger partial charge on any atom is 0.185 e. The van der Waals surface area contributed by atoms with Crippen LogP contribution in [0.4, 0.5) is 0 Å². The summed E-state index contributed by atoms with van der Waals surface area (Å²) in [4.78, 5) is 20.7. The fourth-order valence-corrected chi connectivity index (χ4v) is 2.35. The van der Waals surface area contributed by atoms with Crippen molar-refractivity contribution >= 4 is 5.78 Å². The van der Waals surface area contributed by atoms with Gasteiger partial charge in [-0.25, -0.2) is 0 Å². The highest BCUT2D eigenvalue weighted by Gasteiger charge is 2.09. The number of nitrogens with zero attached hydrogens (tertiary/aromatic N) is 2. The van der Waals surface area contributed by atoms with Crippen LogP contribution in [0.2, 0.25) is 0 Å². The maximum atomic E-state index is 12.2. The third kappa shape index (κ3) is 3.26. The van der Waals surface area contributed by atoms with Crippen LogP contribution in [0.15, 0.2) is 67.0 Å². The number of aryl methyl sites for hydroxylation is 1. The molecule has 0 aliphatic heterocycles. The summed E-state index contributed by atoms with van der Waals surface area (Å²) in [5, 5.41) is 0. The van der Waals surface area contributed by atoms with E-state index in [1.54, 1.807) is 24.5 Å². The van der Waals surface area contributed by atoms with Gasteiger partial charge in [-0.3, -0.25) is 14.8 Å². The molecule has 0 aliphatic carbocycles. The minimum Gasteiger partial charge on any atom is -0.292 e. The second-order valence-corrected chi connectivity index (χ2v) is 5.23. The molecule has 1 aromatic carbocycles. The van der Waals surface area contributed by atoms with Crippen LogP contribution in [0, 0.1) is 6.92 Å². The highest BCUT2D eigenvalue weighted by Crippen LogP contribution is 2.19. The molecule has 3 rings (SSSR count). The number of rotatable bonds is 4. The highest BCUT2D eigenvalue weighted by molar-refractivity contribution is 5.95. The molecule has 3 heteroatoms. The van der Waals surface area contributed by atoms with Crippen LogP contribution in [0.3, 0.4) is 0 Å². The Labute approximate surface area is 129 Å². The summed E-state index contributed by atoms with van der Waals surface area (Å²) in [7, 11) is 0. The van der Waals surface area contributed by atoms with Gasteiger partial charge in [0.25, 0.3) is 0 Å². The van der Waals surface area contributed by atoms with Gasteiger partial charge in [-0.15, -0.1) is 0 Å². The van der Waals surface area contributed by atoms with Crippen LogP contribution in [-0.2, 0) is 6.42 Å². The molecule has 0 bridgehead atoms. The normalized spacial score (nSPS) is 10.4. The summed E-state index contributed by atoms with van der Waals surface area (Å²) in [6.07, 6.45) is 3.72. The highest BCUT2D eigenvalue weighted by atomic mass is 16.1. The zero-order chi connectivity index (χ0) is 15.4. The van der Waals surface area contributed by atoms with Gasteiger partial charge in [0.15, 0.2) is 5.78 Å². The first kappa shape index (κ1) is 14.1. The number of hydrogen-bond acceptors (Lipinski definition) is 3. The number of carbonyl (C=O) groups is 1. The lowest BCUT2D eigenvalue weighted by atomic mass is 10.0. The summed E-state index contributed by atoms with van der Waals surface area (Å²) in [6, 6.07) is 17.4. The molecule has 0 aliphatic rings. The molecule has 0 saturated heterocycles. The molecule has 3 aromatic rings. The molecular weight excluding hydrogens is 272 g/mol. The maximum absolute atomic E-state index is 12.2. The Kier molecular flexibility index (Phi) is 4.05. The molecule has 0 fully saturated rings. The minimum atomic E-state index is 0.0157. The Morgan fingerprint density at radius 1 is 0.955 bits per heavy atom. The Hall–Kier alpha value is -2.81. The smallest absolute Gasteiger partial charge is 0.185 e. The summed E-state index contributed by atoms with van der Waals surface area (Å²) < 4.78 is 0. The molecule has 2 heterocycles. The fraction of sp³-hybridized carbons (Fsp3) is 0.105. The topological polar surface area (TPSA) is 42.9 Å². The zero-order valence-corrected chi connectivity index (χ0v) is 12.4. The van der Waals surface area contributed by atoms with E-state index in [9.17, 15) is 4.79 Å². The van der Waals surface area contributed by atoms with Gasteiger partial charge < -0.3 is 0 Å². The van der Waals surface area contributed by atoms with Gasteiger partial charge in [-0.05, 0) is 42.8 Å². The van der Waals surface area contributed by atoms with Crippen molar-refractivity contribution in [3.63, 3.8) is 0 Å². The molecule has 0 N–H and O–H groups in total. The Balaban J connectivity index is 1.84. The third-order valence-electron chi connectivity index (χ3n) is 3.45. The van der Waals surface area contributed by atoms with E-state index in [2.05, 4.69) is 29.0 Å². The number of aromatic nitrogens is 2. The molecule has 2 aromatic heterocycles. The van der Waals surface area contributed by atoms with Crippen LogP contribution < -0.4 is 0 Å². The monoisotopic (exact) mass is 288 g/mol. The molecule has 0 radical (unpaired) electrons. The second-order valence-electron chi connectivity index (χ2n) is 5.23. The van der Waals surface area contributed by atoms with Gasteiger partial charge in [0.1, 0.15) is 5.69 Å². The van der Waals surface area contributed by atoms with Gasteiger partial charge in [0, 0.05) is 24.4 Å². The molecule has 108 valence electrons. The average molecular weight is 288 g/mol. The molecule has 0 atom stereocenters. The zero-order valence-electron chi connectivity index (χ0n) is 12.4. The first-order valence-corrected chi connectivity index (χ1v) is 7.18. The first-order chi connectivity index (χ1) is 10.7. The van der Waals surface area contributed by atoms with Crippen molar-refractivity contribution in [3.8, 4) is 11.3 Å². The largest absolute Gasteiger partial charge is 0.292 e. The van der Waals surface area contributed by atoms with E-state index in [1.165, 1.54) is 5.56 Å². The Bertz CT molecular complexity index is 797. The van der Waals surface area contributed by atoms with Crippen LogP contribution >= 0.6 is 0 Å². The Morgan fingerprint density at radius 3 is 2.64 bits per heavy atom. The molecule has 22 heavy (non-hydrogen) atoms. The molecular formula is C19H16N2O. The minimum absolute atomic E-state index is 0.0157. The van der Waals surface area contributed by atoms with Crippen molar-refractivity contribution in [1.82, 2.24) is 9.97 Å². The number of Topliss-reactive ketones (excluding diaryl/α,β-unsaturated/α-hetero) is 1. The van der Waals surface area contributed by atoms with Crippen LogP contribution in [0.1, 0.15) is 21.6 Å². The van der Waals surface area contributed by atoms with Gasteiger partial charge in [0.05, 0.1) is 5.69 Å². The van der Waals surface area contributed by atoms with Crippen molar-refractivity contribution in [2.75, 3.05) is 0 Å². The standard InChI is InChI=1S/C19H16N2O/c1-14-5-4-6-16(11-14)18-12-15(8-10-21-18)13-19(22)17-7-2-3-9-20-17/h2-12H,13H2,1H3. The van der Waals surface area contributed by atoms with Gasteiger partial charge in [-0.2, -0.15) is 0 Å². The number of pyridine rings is 2. The van der Waals surface area contributed by atoms with Gasteiger partial charge >= 0.3 is 0 Å². The molecule has 0 saturated carbocycles. The first-order valence-electron chi connectivity index (χ1n) is 7.18. The molecule has 0 unspecified atom stereocenters. The van der Waals surface area contributed by atoms with Crippen molar-refractivity contribution < 1.29 is 4.79 Å². The van der Waals surface area contributed by atoms with Crippen LogP contribution in [0.25, 0.3) is 11.3 Å². The lowest BCUT2D eigenvalue weighted by Gasteiger charge is -2.05. The summed E-state index contributed by atoms with van der Waals surface area (Å²) >= 11 is 0. The van der Waals surface area contributed by atoms with E-state index in [1.807, 2.05) is 30.3 Å². The predicted octanol–water partition coefficient (Wildman–Crippen LogP) is 3.88. The average Bonchev–Trinajstić information content (AvgIpc) is 2.56. The number of benzene rings is 1. The number of hydrogen-bond donors (Lipinski definition) is 0. The van der Waals surface area contributed by atoms with E-state index < -0.39 is 0 Å². The lowest BCUT2D eigenvalue weighted by molar-refractivity contribution is 0.0988. The third-order valence-corrected chi connectivity index (χ3v) is 3.45. The lowest BCUT2D eigenvalue weighted by Crippen LogP contribution is -2.05. The van der Waals surface area contributed by atoms with Gasteiger partial charge in [-0.1, -0.05) is 29.8 Å². The second kappa shape index (κ2) is 6.31. The summed E-state index contributed by atoms with van der Waals surface area (Å²) in [5.74, 6) is 0.0157. The van der Waals surface area contributed by atoms with Crippen molar-refractivity contribution in [2.24, 2.45) is 0 Å². The van der Waals surface area contributed by atoms with Crippen molar-refractivity contribution in [3.05, 3.63) is 83.8 Å². The van der Waals surface area contributed by atoms with Gasteiger partial charge in [0.2, 0.25) is 0 Å². The fourth-order valence-electron chi connectivity index (χ4n) is 2.35. The van der Waals surface area contributed by atoms with Crippen LogP contribution in [-0.4, -0.2) is 15.8 Å². The predicted molar refractivity (Wildman–Crippen MR) is 86.7 cm³/mol. The number of ketones is 1. The molecule has 3 nitrogen and oxygen atoms in total. The number of carbonyl (C=O) groups excluding carboxylic acids is 1. The van der Waals surface area contributed by atoms with E-state index in [4.69, 9.17) is 0 Å². The van der Waals surface area contributed by atoms with Crippen LogP contribution in [0.5, 0.6) is 0 Å². The SMILES string of the molecule is Cc1cccc(-c2cc(CC(=O)c3ccccn3)ccn2)c1. The van der Waals surface area contributed by atoms with E-state index >= 15 is 0 Å². The van der Waals surface area contributed by atoms with E-state index in [0.717, 1.165) is 16.8 Å². The molecule has 0 spiro atoms.